The summed E-state index contributed by atoms with van der Waals surface area (Å²) in [6.45, 7) is 1.89. The molecule has 0 spiro atoms. The standard InChI is InChI=1S/C14H12Cl2FN/c1-8-2-3-13(17)12(4-8)14(18)9-5-10(15)7-11(16)6-9/h2-7,14H,18H2,1H3. The molecule has 0 aliphatic rings. The quantitative estimate of drug-likeness (QED) is 0.864. The van der Waals surface area contributed by atoms with E-state index in [0.29, 0.717) is 21.2 Å². The average Bonchev–Trinajstić information content (AvgIpc) is 2.30. The Balaban J connectivity index is 2.47. The lowest BCUT2D eigenvalue weighted by Gasteiger charge is -2.15. The first-order valence-corrected chi connectivity index (χ1v) is 6.20. The van der Waals surface area contributed by atoms with Gasteiger partial charge in [0.25, 0.3) is 0 Å². The van der Waals surface area contributed by atoms with Crippen LogP contribution in [-0.4, -0.2) is 0 Å². The molecule has 4 heteroatoms. The zero-order valence-electron chi connectivity index (χ0n) is 9.75. The highest BCUT2D eigenvalue weighted by Gasteiger charge is 2.14. The first kappa shape index (κ1) is 13.3. The molecule has 0 saturated heterocycles. The summed E-state index contributed by atoms with van der Waals surface area (Å²) in [6, 6.07) is 9.27. The Morgan fingerprint density at radius 1 is 1.06 bits per heavy atom. The van der Waals surface area contributed by atoms with E-state index in [4.69, 9.17) is 28.9 Å². The molecule has 94 valence electrons. The van der Waals surface area contributed by atoms with Crippen molar-refractivity contribution in [3.05, 3.63) is 69.0 Å². The number of benzene rings is 2. The summed E-state index contributed by atoms with van der Waals surface area (Å²) >= 11 is 11.8. The van der Waals surface area contributed by atoms with E-state index in [0.717, 1.165) is 5.56 Å². The first-order chi connectivity index (χ1) is 8.47. The molecular weight excluding hydrogens is 272 g/mol. The van der Waals surface area contributed by atoms with Crippen molar-refractivity contribution in [1.82, 2.24) is 0 Å². The van der Waals surface area contributed by atoms with E-state index >= 15 is 0 Å². The summed E-state index contributed by atoms with van der Waals surface area (Å²) in [5.41, 5.74) is 8.15. The molecule has 0 bridgehead atoms. The highest BCUT2D eigenvalue weighted by molar-refractivity contribution is 6.34. The van der Waals surface area contributed by atoms with Crippen LogP contribution < -0.4 is 5.73 Å². The normalized spacial score (nSPS) is 12.5. The highest BCUT2D eigenvalue weighted by atomic mass is 35.5. The van der Waals surface area contributed by atoms with Crippen molar-refractivity contribution >= 4 is 23.2 Å². The molecule has 0 aliphatic heterocycles. The van der Waals surface area contributed by atoms with Gasteiger partial charge in [0.15, 0.2) is 0 Å². The van der Waals surface area contributed by atoms with Gasteiger partial charge in [-0.15, -0.1) is 0 Å². The smallest absolute Gasteiger partial charge is 0.128 e. The van der Waals surface area contributed by atoms with Crippen LogP contribution in [0.25, 0.3) is 0 Å². The lowest BCUT2D eigenvalue weighted by molar-refractivity contribution is 0.599. The molecule has 18 heavy (non-hydrogen) atoms. The fourth-order valence-corrected chi connectivity index (χ4v) is 2.38. The van der Waals surface area contributed by atoms with Crippen LogP contribution in [0, 0.1) is 12.7 Å². The summed E-state index contributed by atoms with van der Waals surface area (Å²) in [6.07, 6.45) is 0. The molecule has 2 aromatic rings. The van der Waals surface area contributed by atoms with E-state index in [1.54, 1.807) is 30.3 Å². The van der Waals surface area contributed by atoms with Crippen LogP contribution in [0.1, 0.15) is 22.7 Å². The molecule has 1 atom stereocenters. The summed E-state index contributed by atoms with van der Waals surface area (Å²) in [5, 5.41) is 0.974. The van der Waals surface area contributed by atoms with Crippen molar-refractivity contribution in [1.29, 1.82) is 0 Å². The van der Waals surface area contributed by atoms with Crippen LogP contribution in [0.4, 0.5) is 4.39 Å². The second kappa shape index (κ2) is 5.27. The molecule has 2 N–H and O–H groups in total. The predicted molar refractivity (Wildman–Crippen MR) is 73.6 cm³/mol. The lowest BCUT2D eigenvalue weighted by atomic mass is 9.98. The maximum absolute atomic E-state index is 13.8. The third kappa shape index (κ3) is 2.83. The molecule has 1 nitrogen and oxygen atoms in total. The van der Waals surface area contributed by atoms with Crippen molar-refractivity contribution in [2.24, 2.45) is 5.73 Å². The van der Waals surface area contributed by atoms with Gasteiger partial charge in [-0.25, -0.2) is 4.39 Å². The Kier molecular flexibility index (Phi) is 3.91. The number of hydrogen-bond acceptors (Lipinski definition) is 1. The van der Waals surface area contributed by atoms with Gasteiger partial charge in [-0.3, -0.25) is 0 Å². The van der Waals surface area contributed by atoms with Crippen molar-refractivity contribution in [2.45, 2.75) is 13.0 Å². The number of hydrogen-bond donors (Lipinski definition) is 1. The van der Waals surface area contributed by atoms with E-state index in [9.17, 15) is 4.39 Å². The molecule has 1 unspecified atom stereocenters. The Morgan fingerprint density at radius 2 is 1.67 bits per heavy atom. The van der Waals surface area contributed by atoms with Crippen molar-refractivity contribution < 1.29 is 4.39 Å². The van der Waals surface area contributed by atoms with E-state index in [1.165, 1.54) is 6.07 Å². The Morgan fingerprint density at radius 3 is 2.28 bits per heavy atom. The molecule has 0 aromatic heterocycles. The molecule has 0 heterocycles. The minimum atomic E-state index is -0.582. The van der Waals surface area contributed by atoms with Gasteiger partial charge in [0.05, 0.1) is 6.04 Å². The number of rotatable bonds is 2. The van der Waals surface area contributed by atoms with Gasteiger partial charge in [0.1, 0.15) is 5.82 Å². The first-order valence-electron chi connectivity index (χ1n) is 5.45. The van der Waals surface area contributed by atoms with Gasteiger partial charge >= 0.3 is 0 Å². The van der Waals surface area contributed by atoms with Crippen molar-refractivity contribution in [2.75, 3.05) is 0 Å². The SMILES string of the molecule is Cc1ccc(F)c(C(N)c2cc(Cl)cc(Cl)c2)c1. The summed E-state index contributed by atoms with van der Waals surface area (Å²) in [4.78, 5) is 0. The third-order valence-electron chi connectivity index (χ3n) is 2.73. The molecule has 0 fully saturated rings. The molecular formula is C14H12Cl2FN. The molecule has 0 radical (unpaired) electrons. The van der Waals surface area contributed by atoms with Crippen molar-refractivity contribution in [3.63, 3.8) is 0 Å². The Hall–Kier alpha value is -1.09. The van der Waals surface area contributed by atoms with E-state index in [-0.39, 0.29) is 5.82 Å². The van der Waals surface area contributed by atoms with E-state index in [2.05, 4.69) is 0 Å². The molecule has 0 saturated carbocycles. The summed E-state index contributed by atoms with van der Waals surface area (Å²) in [5.74, 6) is -0.329. The number of aryl methyl sites for hydroxylation is 1. The molecule has 2 rings (SSSR count). The number of halogens is 3. The molecule has 0 amide bonds. The van der Waals surface area contributed by atoms with Crippen LogP contribution in [-0.2, 0) is 0 Å². The second-order valence-corrected chi connectivity index (χ2v) is 5.08. The average molecular weight is 284 g/mol. The fraction of sp³-hybridized carbons (Fsp3) is 0.143. The number of nitrogens with two attached hydrogens (primary N) is 1. The van der Waals surface area contributed by atoms with Crippen LogP contribution in [0.3, 0.4) is 0 Å². The Labute approximate surface area is 115 Å². The van der Waals surface area contributed by atoms with E-state index < -0.39 is 6.04 Å². The topological polar surface area (TPSA) is 26.0 Å². The minimum absolute atomic E-state index is 0.329. The second-order valence-electron chi connectivity index (χ2n) is 4.21. The van der Waals surface area contributed by atoms with Gasteiger partial charge in [0.2, 0.25) is 0 Å². The van der Waals surface area contributed by atoms with E-state index in [1.807, 2.05) is 6.92 Å². The maximum atomic E-state index is 13.8. The van der Waals surface area contributed by atoms with Crippen LogP contribution in [0.15, 0.2) is 36.4 Å². The van der Waals surface area contributed by atoms with Crippen LogP contribution >= 0.6 is 23.2 Å². The molecule has 2 aromatic carbocycles. The van der Waals surface area contributed by atoms with Gasteiger partial charge < -0.3 is 5.73 Å². The minimum Gasteiger partial charge on any atom is -0.320 e. The maximum Gasteiger partial charge on any atom is 0.128 e. The monoisotopic (exact) mass is 283 g/mol. The fourth-order valence-electron chi connectivity index (χ4n) is 1.84. The van der Waals surface area contributed by atoms with Gasteiger partial charge in [-0.2, -0.15) is 0 Å². The predicted octanol–water partition coefficient (Wildman–Crippen LogP) is 4.49. The van der Waals surface area contributed by atoms with Gasteiger partial charge in [0, 0.05) is 15.6 Å². The lowest BCUT2D eigenvalue weighted by Crippen LogP contribution is -2.14. The third-order valence-corrected chi connectivity index (χ3v) is 3.17. The van der Waals surface area contributed by atoms with Crippen LogP contribution in [0.2, 0.25) is 10.0 Å². The van der Waals surface area contributed by atoms with Gasteiger partial charge in [-0.1, -0.05) is 40.9 Å². The summed E-state index contributed by atoms with van der Waals surface area (Å²) in [7, 11) is 0. The van der Waals surface area contributed by atoms with Crippen molar-refractivity contribution in [3.8, 4) is 0 Å². The Bertz CT molecular complexity index is 564. The van der Waals surface area contributed by atoms with Gasteiger partial charge in [-0.05, 0) is 36.8 Å². The zero-order chi connectivity index (χ0) is 13.3. The van der Waals surface area contributed by atoms with Crippen LogP contribution in [0.5, 0.6) is 0 Å². The summed E-state index contributed by atoms with van der Waals surface area (Å²) < 4.78 is 13.8. The molecule has 0 aliphatic carbocycles. The zero-order valence-corrected chi connectivity index (χ0v) is 11.3. The largest absolute Gasteiger partial charge is 0.320 e. The highest BCUT2D eigenvalue weighted by Crippen LogP contribution is 2.28.